The van der Waals surface area contributed by atoms with Gasteiger partial charge >= 0.3 is 6.18 Å². The number of carbonyl (C=O) groups excluding carboxylic acids is 1. The van der Waals surface area contributed by atoms with Crippen molar-refractivity contribution in [2.45, 2.75) is 57.4 Å². The van der Waals surface area contributed by atoms with Crippen molar-refractivity contribution in [1.82, 2.24) is 9.88 Å². The van der Waals surface area contributed by atoms with E-state index in [1.54, 1.807) is 12.3 Å². The minimum atomic E-state index is -4.37. The second-order valence-corrected chi connectivity index (χ2v) is 10.9. The fourth-order valence-corrected chi connectivity index (χ4v) is 5.88. The molecule has 2 aromatic rings. The molecule has 36 heavy (non-hydrogen) atoms. The summed E-state index contributed by atoms with van der Waals surface area (Å²) in [5.74, 6) is 0.849. The molecule has 0 amide bonds. The van der Waals surface area contributed by atoms with E-state index >= 15 is 0 Å². The normalized spacial score (nSPS) is 19.9. The lowest BCUT2D eigenvalue weighted by Gasteiger charge is -2.25. The molecule has 1 atom stereocenters. The van der Waals surface area contributed by atoms with E-state index in [0.717, 1.165) is 99.4 Å². The van der Waals surface area contributed by atoms with Crippen molar-refractivity contribution in [3.05, 3.63) is 47.4 Å². The number of nitrogens with zero attached hydrogens (tertiary/aromatic N) is 3. The summed E-state index contributed by atoms with van der Waals surface area (Å²) in [7, 11) is 0. The smallest absolute Gasteiger partial charge is 0.416 e. The van der Waals surface area contributed by atoms with Gasteiger partial charge in [0.15, 0.2) is 0 Å². The molecule has 5 nitrogen and oxygen atoms in total. The predicted molar refractivity (Wildman–Crippen MR) is 139 cm³/mol. The molecular weight excluding hydrogens is 487 g/mol. The largest absolute Gasteiger partial charge is 0.496 e. The number of halogens is 3. The third-order valence-corrected chi connectivity index (χ3v) is 8.02. The van der Waals surface area contributed by atoms with Crippen molar-refractivity contribution in [2.75, 3.05) is 44.2 Å². The number of pyridine rings is 1. The molecule has 4 rings (SSSR count). The number of rotatable bonds is 9. The topological polar surface area (TPSA) is 45.7 Å². The minimum Gasteiger partial charge on any atom is -0.496 e. The van der Waals surface area contributed by atoms with Crippen LogP contribution in [0.5, 0.6) is 0 Å². The van der Waals surface area contributed by atoms with Crippen molar-refractivity contribution in [3.8, 4) is 0 Å². The molecule has 0 N–H and O–H groups in total. The highest BCUT2D eigenvalue weighted by molar-refractivity contribution is 8.15. The van der Waals surface area contributed by atoms with Crippen LogP contribution in [0.25, 0.3) is 10.9 Å². The number of alkyl halides is 3. The fraction of sp³-hybridized carbons (Fsp3) is 0.556. The SMILES string of the molecule is CC1=C(OCCCCCCN2CCCN(c3ccnc4cc(C(F)(F)F)ccc34)CC2)C(C)SC1=O. The Morgan fingerprint density at radius 2 is 1.89 bits per heavy atom. The summed E-state index contributed by atoms with van der Waals surface area (Å²) >= 11 is 1.34. The number of carbonyl (C=O) groups is 1. The van der Waals surface area contributed by atoms with Crippen LogP contribution in [-0.2, 0) is 15.7 Å². The molecule has 9 heteroatoms. The van der Waals surface area contributed by atoms with E-state index in [-0.39, 0.29) is 10.4 Å². The van der Waals surface area contributed by atoms with Crippen molar-refractivity contribution in [2.24, 2.45) is 0 Å². The number of thioether (sulfide) groups is 1. The molecule has 1 aromatic carbocycles. The lowest BCUT2D eigenvalue weighted by Crippen LogP contribution is -2.31. The molecular formula is C27H34F3N3O2S. The summed E-state index contributed by atoms with van der Waals surface area (Å²) in [6.07, 6.45) is 2.61. The van der Waals surface area contributed by atoms with E-state index in [4.69, 9.17) is 4.74 Å². The maximum absolute atomic E-state index is 13.1. The quantitative estimate of drug-likeness (QED) is 0.362. The zero-order valence-corrected chi connectivity index (χ0v) is 21.8. The summed E-state index contributed by atoms with van der Waals surface area (Å²) < 4.78 is 45.2. The van der Waals surface area contributed by atoms with Crippen LogP contribution in [0.2, 0.25) is 0 Å². The maximum atomic E-state index is 13.1. The van der Waals surface area contributed by atoms with Crippen LogP contribution in [-0.4, -0.2) is 59.6 Å². The molecule has 2 aliphatic heterocycles. The van der Waals surface area contributed by atoms with Gasteiger partial charge in [0.2, 0.25) is 5.12 Å². The molecule has 1 unspecified atom stereocenters. The monoisotopic (exact) mass is 521 g/mol. The van der Waals surface area contributed by atoms with E-state index in [1.165, 1.54) is 11.8 Å². The molecule has 0 bridgehead atoms. The summed E-state index contributed by atoms with van der Waals surface area (Å²) in [5.41, 5.74) is 1.43. The minimum absolute atomic E-state index is 0.126. The molecule has 1 saturated heterocycles. The number of unbranched alkanes of at least 4 members (excludes halogenated alkanes) is 3. The van der Waals surface area contributed by atoms with Crippen LogP contribution >= 0.6 is 11.8 Å². The summed E-state index contributed by atoms with van der Waals surface area (Å²) in [5, 5.41) is 1.02. The molecule has 0 aliphatic carbocycles. The van der Waals surface area contributed by atoms with Gasteiger partial charge in [-0.1, -0.05) is 30.7 Å². The van der Waals surface area contributed by atoms with Crippen LogP contribution in [0.3, 0.4) is 0 Å². The summed E-state index contributed by atoms with van der Waals surface area (Å²) in [4.78, 5) is 20.7. The average molecular weight is 522 g/mol. The Morgan fingerprint density at radius 3 is 2.64 bits per heavy atom. The van der Waals surface area contributed by atoms with Gasteiger partial charge in [-0.2, -0.15) is 13.2 Å². The van der Waals surface area contributed by atoms with Crippen molar-refractivity contribution in [1.29, 1.82) is 0 Å². The van der Waals surface area contributed by atoms with Gasteiger partial charge in [-0.3, -0.25) is 9.78 Å². The molecule has 1 fully saturated rings. The maximum Gasteiger partial charge on any atom is 0.416 e. The highest BCUT2D eigenvalue weighted by atomic mass is 32.2. The second kappa shape index (κ2) is 11.9. The van der Waals surface area contributed by atoms with Crippen molar-refractivity contribution in [3.63, 3.8) is 0 Å². The van der Waals surface area contributed by atoms with Gasteiger partial charge in [-0.25, -0.2) is 0 Å². The third kappa shape index (κ3) is 6.54. The second-order valence-electron chi connectivity index (χ2n) is 9.54. The van der Waals surface area contributed by atoms with Crippen LogP contribution in [0.4, 0.5) is 18.9 Å². The van der Waals surface area contributed by atoms with Gasteiger partial charge in [-0.15, -0.1) is 0 Å². The lowest BCUT2D eigenvalue weighted by atomic mass is 10.1. The highest BCUT2D eigenvalue weighted by Crippen LogP contribution is 2.35. The average Bonchev–Trinajstić information content (AvgIpc) is 3.00. The van der Waals surface area contributed by atoms with E-state index in [9.17, 15) is 18.0 Å². The summed E-state index contributed by atoms with van der Waals surface area (Å²) in [6.45, 7) is 9.25. The number of hydrogen-bond donors (Lipinski definition) is 0. The number of hydrogen-bond acceptors (Lipinski definition) is 6. The van der Waals surface area contributed by atoms with Gasteiger partial charge in [-0.05, 0) is 64.4 Å². The first-order chi connectivity index (χ1) is 17.2. The molecule has 2 aliphatic rings. The Bertz CT molecular complexity index is 1110. The first-order valence-corrected chi connectivity index (χ1v) is 13.6. The van der Waals surface area contributed by atoms with Gasteiger partial charge in [0.25, 0.3) is 0 Å². The Kier molecular flexibility index (Phi) is 8.83. The Hall–Kier alpha value is -2.26. The fourth-order valence-electron chi connectivity index (χ4n) is 4.93. The molecule has 1 aromatic heterocycles. The molecule has 0 radical (unpaired) electrons. The highest BCUT2D eigenvalue weighted by Gasteiger charge is 2.31. The van der Waals surface area contributed by atoms with Gasteiger partial charge in [0, 0.05) is 42.5 Å². The van der Waals surface area contributed by atoms with Crippen LogP contribution in [0.15, 0.2) is 41.8 Å². The van der Waals surface area contributed by atoms with Gasteiger partial charge in [0.05, 0.1) is 22.9 Å². The Labute approximate surface area is 215 Å². The lowest BCUT2D eigenvalue weighted by molar-refractivity contribution is -0.137. The van der Waals surface area contributed by atoms with Crippen molar-refractivity contribution < 1.29 is 22.7 Å². The van der Waals surface area contributed by atoms with Crippen LogP contribution in [0.1, 0.15) is 51.5 Å². The predicted octanol–water partition coefficient (Wildman–Crippen LogP) is 6.28. The number of anilines is 1. The zero-order valence-electron chi connectivity index (χ0n) is 20.9. The summed E-state index contributed by atoms with van der Waals surface area (Å²) in [6, 6.07) is 5.74. The zero-order chi connectivity index (χ0) is 25.7. The van der Waals surface area contributed by atoms with E-state index in [0.29, 0.717) is 12.1 Å². The molecule has 3 heterocycles. The number of fused-ring (bicyclic) bond motifs is 1. The standard InChI is InChI=1S/C27H34F3N3O2S/c1-19-25(20(2)36-26(19)34)35-17-6-4-3-5-12-32-13-7-14-33(16-15-32)24-10-11-31-23-18-21(27(28,29)30)8-9-22(23)24/h8-11,18,20H,3-7,12-17H2,1-2H3. The van der Waals surface area contributed by atoms with Crippen LogP contribution in [0, 0.1) is 0 Å². The first-order valence-electron chi connectivity index (χ1n) is 12.7. The number of aromatic nitrogens is 1. The first kappa shape index (κ1) is 26.8. The Balaban J connectivity index is 1.21. The van der Waals surface area contributed by atoms with E-state index in [2.05, 4.69) is 14.8 Å². The molecule has 196 valence electrons. The van der Waals surface area contributed by atoms with E-state index in [1.807, 2.05) is 19.9 Å². The Morgan fingerprint density at radius 1 is 1.08 bits per heavy atom. The van der Waals surface area contributed by atoms with Gasteiger partial charge < -0.3 is 14.5 Å². The van der Waals surface area contributed by atoms with Crippen LogP contribution < -0.4 is 4.90 Å². The van der Waals surface area contributed by atoms with E-state index < -0.39 is 11.7 Å². The van der Waals surface area contributed by atoms with Crippen molar-refractivity contribution >= 4 is 33.5 Å². The molecule has 0 spiro atoms. The van der Waals surface area contributed by atoms with Gasteiger partial charge in [0.1, 0.15) is 5.76 Å². The molecule has 0 saturated carbocycles. The number of ether oxygens (including phenoxy) is 1. The number of benzene rings is 1. The third-order valence-electron chi connectivity index (χ3n) is 6.93.